The summed E-state index contributed by atoms with van der Waals surface area (Å²) >= 11 is 5.83. The van der Waals surface area contributed by atoms with Crippen LogP contribution in [0, 0.1) is 0 Å². The highest BCUT2D eigenvalue weighted by atomic mass is 35.5. The molecule has 0 saturated carbocycles. The lowest BCUT2D eigenvalue weighted by Crippen LogP contribution is -2.41. The third-order valence-electron chi connectivity index (χ3n) is 3.32. The minimum absolute atomic E-state index is 0.0226. The Balaban J connectivity index is 2.15. The van der Waals surface area contributed by atoms with E-state index in [1.54, 1.807) is 67.2 Å². The van der Waals surface area contributed by atoms with Crippen molar-refractivity contribution in [2.24, 2.45) is 0 Å². The predicted octanol–water partition coefficient (Wildman–Crippen LogP) is 3.25. The molecule has 2 aromatic rings. The summed E-state index contributed by atoms with van der Waals surface area (Å²) in [5, 5.41) is 0.593. The summed E-state index contributed by atoms with van der Waals surface area (Å²) in [5.41, 5.74) is 1.06. The Bertz CT molecular complexity index is 665. The van der Waals surface area contributed by atoms with Crippen LogP contribution in [0.4, 0.5) is 0 Å². The molecule has 2 rings (SSSR count). The number of ketones is 1. The van der Waals surface area contributed by atoms with Crippen molar-refractivity contribution in [3.05, 3.63) is 64.9 Å². The molecule has 0 fully saturated rings. The Morgan fingerprint density at radius 3 is 2.23 bits per heavy atom. The molecule has 1 atom stereocenters. The number of esters is 1. The highest BCUT2D eigenvalue weighted by molar-refractivity contribution is 6.30. The van der Waals surface area contributed by atoms with Crippen LogP contribution in [0.15, 0.2) is 48.8 Å². The van der Waals surface area contributed by atoms with Crippen molar-refractivity contribution in [1.29, 1.82) is 0 Å². The standard InChI is InChI=1S/C17H17ClNO3/c1-3-22-17(21)14-8-10-19(11-9-14)12(2)16(20)13-4-6-15(18)7-5-13/h4-12H,3H2,1-2H3/q+1/t12-/m1/s1. The molecule has 0 saturated heterocycles. The van der Waals surface area contributed by atoms with Gasteiger partial charge < -0.3 is 4.74 Å². The molecular formula is C17H17ClNO3+. The van der Waals surface area contributed by atoms with Crippen molar-refractivity contribution in [3.8, 4) is 0 Å². The van der Waals surface area contributed by atoms with Gasteiger partial charge in [-0.05, 0) is 31.2 Å². The summed E-state index contributed by atoms with van der Waals surface area (Å²) in [6.45, 7) is 3.90. The minimum atomic E-state index is -0.377. The number of halogens is 1. The second-order valence-electron chi connectivity index (χ2n) is 4.80. The maximum atomic E-state index is 12.4. The number of hydrogen-bond acceptors (Lipinski definition) is 3. The number of ether oxygens (including phenoxy) is 1. The molecule has 0 bridgehead atoms. The van der Waals surface area contributed by atoms with E-state index in [4.69, 9.17) is 16.3 Å². The first-order chi connectivity index (χ1) is 10.5. The van der Waals surface area contributed by atoms with E-state index in [-0.39, 0.29) is 17.8 Å². The normalized spacial score (nSPS) is 11.8. The van der Waals surface area contributed by atoms with E-state index in [1.165, 1.54) is 0 Å². The number of aromatic nitrogens is 1. The summed E-state index contributed by atoms with van der Waals surface area (Å²) in [6, 6.07) is 9.69. The maximum absolute atomic E-state index is 12.4. The van der Waals surface area contributed by atoms with Gasteiger partial charge >= 0.3 is 5.97 Å². The van der Waals surface area contributed by atoms with E-state index in [9.17, 15) is 9.59 Å². The van der Waals surface area contributed by atoms with Crippen LogP contribution in [0.25, 0.3) is 0 Å². The topological polar surface area (TPSA) is 47.2 Å². The van der Waals surface area contributed by atoms with Gasteiger partial charge in [-0.2, -0.15) is 4.57 Å². The van der Waals surface area contributed by atoms with Crippen molar-refractivity contribution < 1.29 is 18.9 Å². The van der Waals surface area contributed by atoms with Crippen LogP contribution in [-0.2, 0) is 4.74 Å². The van der Waals surface area contributed by atoms with Crippen LogP contribution >= 0.6 is 11.6 Å². The lowest BCUT2D eigenvalue weighted by molar-refractivity contribution is -0.704. The summed E-state index contributed by atoms with van der Waals surface area (Å²) < 4.78 is 6.68. The van der Waals surface area contributed by atoms with Crippen LogP contribution in [0.3, 0.4) is 0 Å². The van der Waals surface area contributed by atoms with Crippen molar-refractivity contribution in [1.82, 2.24) is 0 Å². The first-order valence-electron chi connectivity index (χ1n) is 7.00. The van der Waals surface area contributed by atoms with E-state index in [0.29, 0.717) is 22.8 Å². The van der Waals surface area contributed by atoms with Gasteiger partial charge in [-0.3, -0.25) is 4.79 Å². The third kappa shape index (κ3) is 3.71. The molecule has 0 amide bonds. The molecule has 0 spiro atoms. The van der Waals surface area contributed by atoms with Gasteiger partial charge in [0.25, 0.3) is 0 Å². The lowest BCUT2D eigenvalue weighted by atomic mass is 10.1. The highest BCUT2D eigenvalue weighted by Crippen LogP contribution is 2.13. The number of rotatable bonds is 5. The second-order valence-corrected chi connectivity index (χ2v) is 5.24. The molecule has 0 aliphatic heterocycles. The number of benzene rings is 1. The van der Waals surface area contributed by atoms with Gasteiger partial charge in [0.1, 0.15) is 0 Å². The minimum Gasteiger partial charge on any atom is -0.462 e. The first-order valence-corrected chi connectivity index (χ1v) is 7.38. The van der Waals surface area contributed by atoms with Crippen LogP contribution < -0.4 is 4.57 Å². The van der Waals surface area contributed by atoms with Gasteiger partial charge in [0, 0.05) is 29.6 Å². The molecule has 114 valence electrons. The molecule has 1 aromatic heterocycles. The van der Waals surface area contributed by atoms with Gasteiger partial charge in [0.05, 0.1) is 12.2 Å². The van der Waals surface area contributed by atoms with Gasteiger partial charge in [-0.25, -0.2) is 4.79 Å². The van der Waals surface area contributed by atoms with Crippen LogP contribution in [0.5, 0.6) is 0 Å². The number of pyridine rings is 1. The van der Waals surface area contributed by atoms with E-state index in [2.05, 4.69) is 0 Å². The Labute approximate surface area is 134 Å². The monoisotopic (exact) mass is 318 g/mol. The Kier molecular flexibility index (Phi) is 5.28. The zero-order valence-electron chi connectivity index (χ0n) is 12.5. The number of Topliss-reactive ketones (excluding diaryl/α,β-unsaturated/α-hetero) is 1. The largest absolute Gasteiger partial charge is 0.462 e. The average molecular weight is 319 g/mol. The zero-order valence-corrected chi connectivity index (χ0v) is 13.2. The molecule has 1 heterocycles. The number of nitrogens with zero attached hydrogens (tertiary/aromatic N) is 1. The van der Waals surface area contributed by atoms with Crippen molar-refractivity contribution >= 4 is 23.4 Å². The Morgan fingerprint density at radius 2 is 1.68 bits per heavy atom. The molecule has 0 radical (unpaired) electrons. The summed E-state index contributed by atoms with van der Waals surface area (Å²) in [7, 11) is 0. The van der Waals surface area contributed by atoms with Gasteiger partial charge in [0.2, 0.25) is 11.8 Å². The molecule has 0 aliphatic carbocycles. The summed E-state index contributed by atoms with van der Waals surface area (Å²) in [5.74, 6) is -0.392. The fourth-order valence-corrected chi connectivity index (χ4v) is 2.16. The van der Waals surface area contributed by atoms with Crippen molar-refractivity contribution in [2.75, 3.05) is 6.61 Å². The third-order valence-corrected chi connectivity index (χ3v) is 3.57. The molecule has 0 unspecified atom stereocenters. The van der Waals surface area contributed by atoms with Gasteiger partial charge in [-0.15, -0.1) is 0 Å². The predicted molar refractivity (Wildman–Crippen MR) is 83.1 cm³/mol. The first kappa shape index (κ1) is 16.2. The zero-order chi connectivity index (χ0) is 16.1. The Morgan fingerprint density at radius 1 is 1.09 bits per heavy atom. The number of hydrogen-bond donors (Lipinski definition) is 0. The fourth-order valence-electron chi connectivity index (χ4n) is 2.04. The molecule has 22 heavy (non-hydrogen) atoms. The highest BCUT2D eigenvalue weighted by Gasteiger charge is 2.23. The van der Waals surface area contributed by atoms with Crippen molar-refractivity contribution in [2.45, 2.75) is 19.9 Å². The molecule has 4 nitrogen and oxygen atoms in total. The van der Waals surface area contributed by atoms with E-state index < -0.39 is 0 Å². The van der Waals surface area contributed by atoms with E-state index in [0.717, 1.165) is 0 Å². The molecule has 5 heteroatoms. The number of carbonyl (C=O) groups is 2. The average Bonchev–Trinajstić information content (AvgIpc) is 2.54. The van der Waals surface area contributed by atoms with Crippen LogP contribution in [0.2, 0.25) is 5.02 Å². The lowest BCUT2D eigenvalue weighted by Gasteiger charge is -2.07. The fraction of sp³-hybridized carbons (Fsp3) is 0.235. The summed E-state index contributed by atoms with van der Waals surface area (Å²) in [6.07, 6.45) is 3.40. The maximum Gasteiger partial charge on any atom is 0.338 e. The van der Waals surface area contributed by atoms with E-state index >= 15 is 0 Å². The Hall–Kier alpha value is -2.20. The van der Waals surface area contributed by atoms with Gasteiger partial charge in [-0.1, -0.05) is 11.6 Å². The SMILES string of the molecule is CCOC(=O)c1cc[n+]([C@H](C)C(=O)c2ccc(Cl)cc2)cc1. The van der Waals surface area contributed by atoms with Crippen LogP contribution in [0.1, 0.15) is 40.6 Å². The van der Waals surface area contributed by atoms with Crippen LogP contribution in [-0.4, -0.2) is 18.4 Å². The smallest absolute Gasteiger partial charge is 0.338 e. The second kappa shape index (κ2) is 7.18. The quantitative estimate of drug-likeness (QED) is 0.483. The molecule has 1 aromatic carbocycles. The molecular weight excluding hydrogens is 302 g/mol. The molecule has 0 aliphatic rings. The molecule has 0 N–H and O–H groups in total. The van der Waals surface area contributed by atoms with Gasteiger partial charge in [0.15, 0.2) is 12.4 Å². The van der Waals surface area contributed by atoms with E-state index in [1.807, 2.05) is 0 Å². The summed E-state index contributed by atoms with van der Waals surface area (Å²) in [4.78, 5) is 24.0. The van der Waals surface area contributed by atoms with Crippen molar-refractivity contribution in [3.63, 3.8) is 0 Å². The number of carbonyl (C=O) groups excluding carboxylic acids is 2.